The number of carbonyl (C=O) groups excluding carboxylic acids is 1. The highest BCUT2D eigenvalue weighted by Crippen LogP contribution is 1.94. The minimum absolute atomic E-state index is 0.0618. The SMILES string of the molecule is CS(=O)(=O)CCC(N)C(=O)NCCCNS(C)(=O)=O. The fourth-order valence-corrected chi connectivity index (χ4v) is 2.36. The molecule has 0 aliphatic heterocycles. The lowest BCUT2D eigenvalue weighted by atomic mass is 10.2. The lowest BCUT2D eigenvalue weighted by Crippen LogP contribution is -2.42. The zero-order chi connectivity index (χ0) is 15.1. The fraction of sp³-hybridized carbons (Fsp3) is 0.889. The molecule has 0 rings (SSSR count). The van der Waals surface area contributed by atoms with E-state index in [0.717, 1.165) is 12.5 Å². The highest BCUT2D eigenvalue weighted by atomic mass is 32.2. The average Bonchev–Trinajstić information content (AvgIpc) is 2.22. The summed E-state index contributed by atoms with van der Waals surface area (Å²) >= 11 is 0. The van der Waals surface area contributed by atoms with Gasteiger partial charge in [-0.15, -0.1) is 0 Å². The van der Waals surface area contributed by atoms with E-state index in [9.17, 15) is 21.6 Å². The Balaban J connectivity index is 3.80. The molecule has 0 aromatic heterocycles. The molecular weight excluding hydrogens is 294 g/mol. The Morgan fingerprint density at radius 3 is 2.21 bits per heavy atom. The molecule has 0 fully saturated rings. The third kappa shape index (κ3) is 12.1. The molecule has 10 heteroatoms. The molecule has 0 aliphatic carbocycles. The van der Waals surface area contributed by atoms with E-state index in [4.69, 9.17) is 5.73 Å². The number of sulfone groups is 1. The van der Waals surface area contributed by atoms with Crippen LogP contribution < -0.4 is 15.8 Å². The van der Waals surface area contributed by atoms with Crippen molar-refractivity contribution < 1.29 is 21.6 Å². The van der Waals surface area contributed by atoms with Crippen molar-refractivity contribution in [2.75, 3.05) is 31.4 Å². The molecule has 0 spiro atoms. The van der Waals surface area contributed by atoms with Gasteiger partial charge < -0.3 is 11.1 Å². The molecule has 1 atom stereocenters. The molecule has 0 aromatic rings. The fourth-order valence-electron chi connectivity index (χ4n) is 1.16. The van der Waals surface area contributed by atoms with Crippen molar-refractivity contribution >= 4 is 25.8 Å². The molecule has 0 heterocycles. The summed E-state index contributed by atoms with van der Waals surface area (Å²) in [6.07, 6.45) is 2.62. The van der Waals surface area contributed by atoms with Crippen LogP contribution in [0, 0.1) is 0 Å². The molecule has 19 heavy (non-hydrogen) atoms. The van der Waals surface area contributed by atoms with E-state index in [1.165, 1.54) is 0 Å². The molecule has 114 valence electrons. The van der Waals surface area contributed by atoms with Gasteiger partial charge in [0.15, 0.2) is 0 Å². The van der Waals surface area contributed by atoms with E-state index < -0.39 is 31.8 Å². The number of nitrogens with one attached hydrogen (secondary N) is 2. The Morgan fingerprint density at radius 1 is 1.16 bits per heavy atom. The Kier molecular flexibility index (Phi) is 7.49. The largest absolute Gasteiger partial charge is 0.355 e. The number of hydrogen-bond acceptors (Lipinski definition) is 6. The van der Waals surface area contributed by atoms with Crippen molar-refractivity contribution in [2.24, 2.45) is 5.73 Å². The maximum Gasteiger partial charge on any atom is 0.236 e. The minimum atomic E-state index is -3.22. The van der Waals surface area contributed by atoms with Gasteiger partial charge >= 0.3 is 0 Å². The number of nitrogens with two attached hydrogens (primary N) is 1. The van der Waals surface area contributed by atoms with Crippen molar-refractivity contribution in [2.45, 2.75) is 18.9 Å². The highest BCUT2D eigenvalue weighted by molar-refractivity contribution is 7.90. The smallest absolute Gasteiger partial charge is 0.236 e. The van der Waals surface area contributed by atoms with E-state index >= 15 is 0 Å². The first-order valence-electron chi connectivity index (χ1n) is 5.67. The predicted molar refractivity (Wildman–Crippen MR) is 72.8 cm³/mol. The second-order valence-corrected chi connectivity index (χ2v) is 8.43. The molecule has 0 saturated heterocycles. The van der Waals surface area contributed by atoms with Crippen LogP contribution in [0.15, 0.2) is 0 Å². The van der Waals surface area contributed by atoms with Gasteiger partial charge in [0.2, 0.25) is 15.9 Å². The van der Waals surface area contributed by atoms with E-state index in [1.54, 1.807) is 0 Å². The standard InChI is InChI=1S/C9H21N3O5S2/c1-18(14,15)7-4-8(10)9(13)11-5-3-6-12-19(2,16)17/h8,12H,3-7,10H2,1-2H3,(H,11,13). The highest BCUT2D eigenvalue weighted by Gasteiger charge is 2.15. The molecule has 0 radical (unpaired) electrons. The van der Waals surface area contributed by atoms with Gasteiger partial charge in [0.1, 0.15) is 9.84 Å². The van der Waals surface area contributed by atoms with Gasteiger partial charge in [-0.25, -0.2) is 21.6 Å². The Bertz CT molecular complexity index is 486. The zero-order valence-electron chi connectivity index (χ0n) is 11.0. The molecule has 0 bridgehead atoms. The molecule has 0 aliphatic rings. The van der Waals surface area contributed by atoms with Gasteiger partial charge in [-0.05, 0) is 12.8 Å². The summed E-state index contributed by atoms with van der Waals surface area (Å²) in [4.78, 5) is 11.5. The van der Waals surface area contributed by atoms with Gasteiger partial charge in [0.25, 0.3) is 0 Å². The first-order valence-corrected chi connectivity index (χ1v) is 9.62. The summed E-state index contributed by atoms with van der Waals surface area (Å²) in [6, 6.07) is -0.877. The van der Waals surface area contributed by atoms with Crippen molar-refractivity contribution in [1.82, 2.24) is 10.0 Å². The van der Waals surface area contributed by atoms with Gasteiger partial charge in [-0.1, -0.05) is 0 Å². The molecule has 8 nitrogen and oxygen atoms in total. The van der Waals surface area contributed by atoms with Gasteiger partial charge in [-0.2, -0.15) is 0 Å². The van der Waals surface area contributed by atoms with Crippen LogP contribution in [0.1, 0.15) is 12.8 Å². The Morgan fingerprint density at radius 2 is 1.74 bits per heavy atom. The van der Waals surface area contributed by atoms with Crippen LogP contribution in [-0.4, -0.2) is 60.1 Å². The molecule has 1 unspecified atom stereocenters. The average molecular weight is 315 g/mol. The second-order valence-electron chi connectivity index (χ2n) is 4.34. The van der Waals surface area contributed by atoms with Crippen molar-refractivity contribution in [3.63, 3.8) is 0 Å². The quantitative estimate of drug-likeness (QED) is 0.413. The van der Waals surface area contributed by atoms with Crippen molar-refractivity contribution in [3.05, 3.63) is 0 Å². The van der Waals surface area contributed by atoms with Crippen LogP contribution in [0.4, 0.5) is 0 Å². The number of sulfonamides is 1. The molecule has 1 amide bonds. The molecular formula is C9H21N3O5S2. The molecule has 0 aromatic carbocycles. The van der Waals surface area contributed by atoms with Crippen LogP contribution in [0.25, 0.3) is 0 Å². The minimum Gasteiger partial charge on any atom is -0.355 e. The van der Waals surface area contributed by atoms with Crippen LogP contribution in [0.2, 0.25) is 0 Å². The summed E-state index contributed by atoms with van der Waals surface area (Å²) < 4.78 is 45.6. The Hall–Kier alpha value is -0.710. The van der Waals surface area contributed by atoms with E-state index in [0.29, 0.717) is 6.42 Å². The lowest BCUT2D eigenvalue weighted by Gasteiger charge is -2.11. The Labute approximate surface area is 114 Å². The van der Waals surface area contributed by atoms with Gasteiger partial charge in [0, 0.05) is 19.3 Å². The first-order chi connectivity index (χ1) is 8.51. The second kappa shape index (κ2) is 7.78. The zero-order valence-corrected chi connectivity index (χ0v) is 12.7. The monoisotopic (exact) mass is 315 g/mol. The van der Waals surface area contributed by atoms with Gasteiger partial charge in [0.05, 0.1) is 18.1 Å². The van der Waals surface area contributed by atoms with Crippen molar-refractivity contribution in [1.29, 1.82) is 0 Å². The van der Waals surface area contributed by atoms with Gasteiger partial charge in [-0.3, -0.25) is 4.79 Å². The third-order valence-corrected chi connectivity index (χ3v) is 3.86. The molecule has 4 N–H and O–H groups in total. The normalized spacial score (nSPS) is 14.1. The van der Waals surface area contributed by atoms with E-state index in [-0.39, 0.29) is 25.3 Å². The maximum atomic E-state index is 11.5. The number of carbonyl (C=O) groups is 1. The van der Waals surface area contributed by atoms with E-state index in [1.807, 2.05) is 0 Å². The van der Waals surface area contributed by atoms with E-state index in [2.05, 4.69) is 10.0 Å². The first kappa shape index (κ1) is 18.3. The van der Waals surface area contributed by atoms with Crippen LogP contribution >= 0.6 is 0 Å². The topological polar surface area (TPSA) is 135 Å². The summed E-state index contributed by atoms with van der Waals surface area (Å²) in [5, 5.41) is 2.51. The summed E-state index contributed by atoms with van der Waals surface area (Å²) in [6.45, 7) is 0.492. The summed E-state index contributed by atoms with van der Waals surface area (Å²) in [7, 11) is -6.36. The predicted octanol–water partition coefficient (Wildman–Crippen LogP) is -2.20. The van der Waals surface area contributed by atoms with Crippen LogP contribution in [0.3, 0.4) is 0 Å². The number of hydrogen-bond donors (Lipinski definition) is 3. The number of rotatable bonds is 9. The lowest BCUT2D eigenvalue weighted by molar-refractivity contribution is -0.122. The third-order valence-electron chi connectivity index (χ3n) is 2.15. The summed E-state index contributed by atoms with van der Waals surface area (Å²) in [5.74, 6) is -0.583. The van der Waals surface area contributed by atoms with Crippen LogP contribution in [-0.2, 0) is 24.7 Å². The van der Waals surface area contributed by atoms with Crippen LogP contribution in [0.5, 0.6) is 0 Å². The number of amides is 1. The molecule has 0 saturated carbocycles. The summed E-state index contributed by atoms with van der Waals surface area (Å²) in [5.41, 5.74) is 5.52. The van der Waals surface area contributed by atoms with Crippen molar-refractivity contribution in [3.8, 4) is 0 Å². The maximum absolute atomic E-state index is 11.5.